The highest BCUT2D eigenvalue weighted by molar-refractivity contribution is 8.00. The van der Waals surface area contributed by atoms with Crippen molar-refractivity contribution in [2.75, 3.05) is 17.3 Å². The van der Waals surface area contributed by atoms with Crippen LogP contribution in [0.2, 0.25) is 0 Å². The third kappa shape index (κ3) is 3.82. The summed E-state index contributed by atoms with van der Waals surface area (Å²) in [7, 11) is -3.07. The molecule has 2 rings (SSSR count). The van der Waals surface area contributed by atoms with Crippen molar-refractivity contribution in [3.8, 4) is 0 Å². The number of thioether (sulfide) groups is 1. The van der Waals surface area contributed by atoms with E-state index >= 15 is 0 Å². The van der Waals surface area contributed by atoms with Crippen LogP contribution in [-0.2, 0) is 14.6 Å². The lowest BCUT2D eigenvalue weighted by molar-refractivity contribution is -0.141. The van der Waals surface area contributed by atoms with Crippen molar-refractivity contribution in [2.24, 2.45) is 0 Å². The quantitative estimate of drug-likeness (QED) is 0.775. The van der Waals surface area contributed by atoms with Gasteiger partial charge >= 0.3 is 12.0 Å². The summed E-state index contributed by atoms with van der Waals surface area (Å²) < 4.78 is 22.8. The van der Waals surface area contributed by atoms with Gasteiger partial charge in [-0.2, -0.15) is 0 Å². The van der Waals surface area contributed by atoms with Crippen molar-refractivity contribution in [2.45, 2.75) is 43.6 Å². The smallest absolute Gasteiger partial charge is 0.327 e. The number of carbonyl (C=O) groups is 2. The average molecular weight is 336 g/mol. The molecule has 7 nitrogen and oxygen atoms in total. The Balaban J connectivity index is 2.05. The largest absolute Gasteiger partial charge is 0.480 e. The van der Waals surface area contributed by atoms with E-state index in [1.165, 1.54) is 16.7 Å². The van der Waals surface area contributed by atoms with Crippen LogP contribution in [0.15, 0.2) is 0 Å². The minimum absolute atomic E-state index is 0.0596. The van der Waals surface area contributed by atoms with Crippen LogP contribution in [0.25, 0.3) is 0 Å². The highest BCUT2D eigenvalue weighted by Crippen LogP contribution is 2.32. The summed E-state index contributed by atoms with van der Waals surface area (Å²) in [5.41, 5.74) is 0. The van der Waals surface area contributed by atoms with E-state index in [1.807, 2.05) is 6.92 Å². The lowest BCUT2D eigenvalue weighted by Gasteiger charge is -2.28. The van der Waals surface area contributed by atoms with Gasteiger partial charge in [-0.3, -0.25) is 4.90 Å². The number of nitrogens with one attached hydrogen (secondary N) is 1. The molecule has 0 radical (unpaired) electrons. The second kappa shape index (κ2) is 6.43. The molecule has 0 aromatic carbocycles. The van der Waals surface area contributed by atoms with E-state index < -0.39 is 33.9 Å². The topological polar surface area (TPSA) is 104 Å². The standard InChI is InChI=1S/C12H20N2O5S2/c1-2-3-10-14(9(6-20-10)11(15)16)12(17)13-8-4-5-21(18,19)7-8/h8-10H,2-7H2,1H3,(H,13,17)(H,15,16). The minimum atomic E-state index is -3.07. The first-order chi connectivity index (χ1) is 9.84. The van der Waals surface area contributed by atoms with Crippen LogP contribution in [0.5, 0.6) is 0 Å². The van der Waals surface area contributed by atoms with Gasteiger partial charge in [0.1, 0.15) is 6.04 Å². The Hall–Kier alpha value is -0.960. The molecule has 3 unspecified atom stereocenters. The number of nitrogens with zero attached hydrogens (tertiary/aromatic N) is 1. The summed E-state index contributed by atoms with van der Waals surface area (Å²) in [6, 6.07) is -1.72. The molecule has 2 fully saturated rings. The Kier molecular flexibility index (Phi) is 5.03. The Morgan fingerprint density at radius 3 is 2.67 bits per heavy atom. The zero-order valence-corrected chi connectivity index (χ0v) is 13.5. The van der Waals surface area contributed by atoms with Crippen LogP contribution in [0.4, 0.5) is 4.79 Å². The molecule has 2 heterocycles. The van der Waals surface area contributed by atoms with Gasteiger partial charge in [0.05, 0.1) is 16.9 Å². The Labute approximate surface area is 128 Å². The molecular weight excluding hydrogens is 316 g/mol. The van der Waals surface area contributed by atoms with Crippen LogP contribution in [0.1, 0.15) is 26.2 Å². The van der Waals surface area contributed by atoms with Gasteiger partial charge in [-0.1, -0.05) is 13.3 Å². The predicted molar refractivity (Wildman–Crippen MR) is 80.0 cm³/mol. The SMILES string of the molecule is CCCC1SCC(C(=O)O)N1C(=O)NC1CCS(=O)(=O)C1. The van der Waals surface area contributed by atoms with E-state index in [-0.39, 0.29) is 16.9 Å². The zero-order valence-electron chi connectivity index (χ0n) is 11.8. The van der Waals surface area contributed by atoms with Gasteiger partial charge in [0.25, 0.3) is 0 Å². The fourth-order valence-electron chi connectivity index (χ4n) is 2.65. The Morgan fingerprint density at radius 2 is 2.14 bits per heavy atom. The number of carboxylic acid groups (broad SMARTS) is 1. The first-order valence-corrected chi connectivity index (χ1v) is 9.84. The highest BCUT2D eigenvalue weighted by Gasteiger charge is 2.42. The van der Waals surface area contributed by atoms with Gasteiger partial charge in [0, 0.05) is 11.8 Å². The molecule has 2 N–H and O–H groups in total. The van der Waals surface area contributed by atoms with E-state index in [2.05, 4.69) is 5.32 Å². The fraction of sp³-hybridized carbons (Fsp3) is 0.833. The summed E-state index contributed by atoms with van der Waals surface area (Å²) in [5.74, 6) is -0.630. The molecular formula is C12H20N2O5S2. The molecule has 0 aromatic rings. The van der Waals surface area contributed by atoms with E-state index in [1.54, 1.807) is 0 Å². The summed E-state index contributed by atoms with van der Waals surface area (Å²) in [5, 5.41) is 11.8. The van der Waals surface area contributed by atoms with Crippen LogP contribution >= 0.6 is 11.8 Å². The van der Waals surface area contributed by atoms with Crippen LogP contribution in [0.3, 0.4) is 0 Å². The summed E-state index contributed by atoms with van der Waals surface area (Å²) >= 11 is 1.46. The Bertz CT molecular complexity index is 522. The summed E-state index contributed by atoms with van der Waals surface area (Å²) in [6.45, 7) is 1.98. The van der Waals surface area contributed by atoms with E-state index in [4.69, 9.17) is 0 Å². The first-order valence-electron chi connectivity index (χ1n) is 6.97. The van der Waals surface area contributed by atoms with E-state index in [0.29, 0.717) is 12.2 Å². The molecule has 0 saturated carbocycles. The van der Waals surface area contributed by atoms with Crippen molar-refractivity contribution in [1.82, 2.24) is 10.2 Å². The number of amides is 2. The van der Waals surface area contributed by atoms with Crippen molar-refractivity contribution < 1.29 is 23.1 Å². The second-order valence-corrected chi connectivity index (χ2v) is 8.83. The monoisotopic (exact) mass is 336 g/mol. The molecule has 120 valence electrons. The molecule has 3 atom stereocenters. The van der Waals surface area contributed by atoms with Crippen LogP contribution in [-0.4, -0.2) is 65.1 Å². The van der Waals surface area contributed by atoms with Gasteiger partial charge in [0.15, 0.2) is 9.84 Å². The maximum atomic E-state index is 12.4. The number of sulfone groups is 1. The Morgan fingerprint density at radius 1 is 1.43 bits per heavy atom. The molecule has 2 aliphatic heterocycles. The molecule has 2 aliphatic rings. The van der Waals surface area contributed by atoms with Gasteiger partial charge in [-0.25, -0.2) is 18.0 Å². The van der Waals surface area contributed by atoms with Crippen molar-refractivity contribution >= 4 is 33.6 Å². The first kappa shape index (κ1) is 16.4. The second-order valence-electron chi connectivity index (χ2n) is 5.39. The maximum Gasteiger partial charge on any atom is 0.327 e. The number of urea groups is 1. The van der Waals surface area contributed by atoms with Crippen LogP contribution < -0.4 is 5.32 Å². The molecule has 2 saturated heterocycles. The zero-order chi connectivity index (χ0) is 15.6. The molecule has 0 spiro atoms. The highest BCUT2D eigenvalue weighted by atomic mass is 32.2. The van der Waals surface area contributed by atoms with Gasteiger partial charge < -0.3 is 10.4 Å². The number of aliphatic carboxylic acids is 1. The van der Waals surface area contributed by atoms with Gasteiger partial charge in [0.2, 0.25) is 0 Å². The van der Waals surface area contributed by atoms with Gasteiger partial charge in [-0.05, 0) is 12.8 Å². The lowest BCUT2D eigenvalue weighted by atomic mass is 10.2. The molecule has 0 aromatic heterocycles. The normalized spacial score (nSPS) is 31.3. The lowest BCUT2D eigenvalue weighted by Crippen LogP contribution is -2.52. The van der Waals surface area contributed by atoms with Crippen molar-refractivity contribution in [3.63, 3.8) is 0 Å². The van der Waals surface area contributed by atoms with Crippen LogP contribution in [0, 0.1) is 0 Å². The minimum Gasteiger partial charge on any atom is -0.480 e. The summed E-state index contributed by atoms with van der Waals surface area (Å²) in [6.07, 6.45) is 1.97. The average Bonchev–Trinajstić information content (AvgIpc) is 2.93. The third-order valence-corrected chi connectivity index (χ3v) is 6.83. The molecule has 0 bridgehead atoms. The number of carboxylic acids is 1. The fourth-order valence-corrected chi connectivity index (χ4v) is 5.84. The van der Waals surface area contributed by atoms with Crippen molar-refractivity contribution in [3.05, 3.63) is 0 Å². The third-order valence-electron chi connectivity index (χ3n) is 3.71. The van der Waals surface area contributed by atoms with Gasteiger partial charge in [-0.15, -0.1) is 11.8 Å². The summed E-state index contributed by atoms with van der Waals surface area (Å²) in [4.78, 5) is 25.0. The number of rotatable bonds is 4. The van der Waals surface area contributed by atoms with E-state index in [9.17, 15) is 23.1 Å². The number of hydrogen-bond donors (Lipinski definition) is 2. The molecule has 9 heteroatoms. The maximum absolute atomic E-state index is 12.4. The molecule has 21 heavy (non-hydrogen) atoms. The number of hydrogen-bond acceptors (Lipinski definition) is 5. The predicted octanol–water partition coefficient (Wildman–Crippen LogP) is 0.511. The number of carbonyl (C=O) groups excluding carboxylic acids is 1. The van der Waals surface area contributed by atoms with Crippen molar-refractivity contribution in [1.29, 1.82) is 0 Å². The van der Waals surface area contributed by atoms with E-state index in [0.717, 1.165) is 12.8 Å². The molecule has 0 aliphatic carbocycles. The molecule has 2 amide bonds.